The van der Waals surface area contributed by atoms with E-state index in [0.717, 1.165) is 5.56 Å². The highest BCUT2D eigenvalue weighted by Gasteiger charge is 2.22. The molecule has 1 heterocycles. The summed E-state index contributed by atoms with van der Waals surface area (Å²) < 4.78 is 43.5. The summed E-state index contributed by atoms with van der Waals surface area (Å²) in [7, 11) is -2.65. The second-order valence-electron chi connectivity index (χ2n) is 6.35. The summed E-state index contributed by atoms with van der Waals surface area (Å²) in [6.07, 6.45) is 0. The van der Waals surface area contributed by atoms with Crippen LogP contribution in [-0.4, -0.2) is 26.7 Å². The topological polar surface area (TPSA) is 108 Å². The molecule has 0 spiro atoms. The summed E-state index contributed by atoms with van der Waals surface area (Å²) in [6, 6.07) is 12.6. The molecule has 0 saturated heterocycles. The molecule has 152 valence electrons. The normalized spacial score (nSPS) is 11.1. The predicted octanol–water partition coefficient (Wildman–Crippen LogP) is 3.46. The van der Waals surface area contributed by atoms with E-state index in [1.807, 2.05) is 6.92 Å². The van der Waals surface area contributed by atoms with Gasteiger partial charge in [-0.15, -0.1) is 0 Å². The average Bonchev–Trinajstić information content (AvgIpc) is 3.12. The van der Waals surface area contributed by atoms with Crippen LogP contribution in [0, 0.1) is 13.8 Å². The number of benzene rings is 2. The first-order chi connectivity index (χ1) is 13.8. The first-order valence-electron chi connectivity index (χ1n) is 8.65. The lowest BCUT2D eigenvalue weighted by atomic mass is 10.2. The van der Waals surface area contributed by atoms with Crippen molar-refractivity contribution in [3.05, 3.63) is 71.1 Å². The fourth-order valence-corrected chi connectivity index (χ4v) is 3.80. The number of ether oxygens (including phenoxy) is 2. The monoisotopic (exact) mass is 416 g/mol. The van der Waals surface area contributed by atoms with Crippen molar-refractivity contribution < 1.29 is 27.2 Å². The zero-order valence-electron chi connectivity index (χ0n) is 16.1. The van der Waals surface area contributed by atoms with Crippen LogP contribution in [0.15, 0.2) is 57.9 Å². The first kappa shape index (κ1) is 20.4. The van der Waals surface area contributed by atoms with Crippen LogP contribution >= 0.6 is 0 Å². The van der Waals surface area contributed by atoms with Crippen LogP contribution in [0.4, 0.5) is 5.69 Å². The van der Waals surface area contributed by atoms with Gasteiger partial charge in [0.2, 0.25) is 0 Å². The molecule has 0 atom stereocenters. The van der Waals surface area contributed by atoms with E-state index < -0.39 is 16.0 Å². The Hall–Kier alpha value is -3.33. The Labute approximate surface area is 168 Å². The van der Waals surface area contributed by atoms with Gasteiger partial charge in [0.05, 0.1) is 18.4 Å². The lowest BCUT2D eigenvalue weighted by Gasteiger charge is -2.13. The number of nitrogens with one attached hydrogen (secondary N) is 1. The standard InChI is InChI=1S/C20H20N2O6S/c1-13-4-7-16(8-5-13)22-29(24,25)19-11-15(6-9-18(19)26-3)20(23)27-12-17-10-14(2)21-28-17/h4-11,22H,12H2,1-3H3. The Bertz CT molecular complexity index is 1120. The van der Waals surface area contributed by atoms with E-state index >= 15 is 0 Å². The van der Waals surface area contributed by atoms with Crippen LogP contribution in [0.5, 0.6) is 5.75 Å². The molecule has 8 nitrogen and oxygen atoms in total. The fourth-order valence-electron chi connectivity index (χ4n) is 2.55. The molecule has 0 bridgehead atoms. The van der Waals surface area contributed by atoms with Gasteiger partial charge in [0, 0.05) is 11.8 Å². The maximum Gasteiger partial charge on any atom is 0.338 e. The molecule has 0 unspecified atom stereocenters. The lowest BCUT2D eigenvalue weighted by Crippen LogP contribution is -2.15. The minimum atomic E-state index is -4.00. The molecule has 9 heteroatoms. The van der Waals surface area contributed by atoms with Crippen molar-refractivity contribution in [2.75, 3.05) is 11.8 Å². The van der Waals surface area contributed by atoms with Gasteiger partial charge < -0.3 is 14.0 Å². The van der Waals surface area contributed by atoms with Crippen molar-refractivity contribution in [3.63, 3.8) is 0 Å². The predicted molar refractivity (Wildman–Crippen MR) is 105 cm³/mol. The average molecular weight is 416 g/mol. The number of nitrogens with zero attached hydrogens (tertiary/aromatic N) is 1. The minimum Gasteiger partial charge on any atom is -0.495 e. The molecular formula is C20H20N2O6S. The highest BCUT2D eigenvalue weighted by Crippen LogP contribution is 2.27. The summed E-state index contributed by atoms with van der Waals surface area (Å²) in [5.74, 6) is -0.209. The molecule has 29 heavy (non-hydrogen) atoms. The van der Waals surface area contributed by atoms with Crippen LogP contribution < -0.4 is 9.46 Å². The SMILES string of the molecule is COc1ccc(C(=O)OCc2cc(C)no2)cc1S(=O)(=O)Nc1ccc(C)cc1. The molecule has 2 aromatic carbocycles. The summed E-state index contributed by atoms with van der Waals surface area (Å²) >= 11 is 0. The van der Waals surface area contributed by atoms with E-state index in [-0.39, 0.29) is 22.8 Å². The number of anilines is 1. The number of carbonyl (C=O) groups excluding carboxylic acids is 1. The van der Waals surface area contributed by atoms with Crippen molar-refractivity contribution in [1.29, 1.82) is 0 Å². The van der Waals surface area contributed by atoms with Crippen molar-refractivity contribution in [3.8, 4) is 5.75 Å². The van der Waals surface area contributed by atoms with Gasteiger partial charge in [0.25, 0.3) is 10.0 Å². The van der Waals surface area contributed by atoms with Crippen LogP contribution in [0.2, 0.25) is 0 Å². The van der Waals surface area contributed by atoms with Crippen molar-refractivity contribution >= 4 is 21.7 Å². The molecule has 3 aromatic rings. The molecule has 1 aromatic heterocycles. The van der Waals surface area contributed by atoms with Crippen molar-refractivity contribution in [2.45, 2.75) is 25.3 Å². The third-order valence-corrected chi connectivity index (χ3v) is 5.42. The highest BCUT2D eigenvalue weighted by molar-refractivity contribution is 7.92. The fraction of sp³-hybridized carbons (Fsp3) is 0.200. The Morgan fingerprint density at radius 3 is 2.45 bits per heavy atom. The van der Waals surface area contributed by atoms with Gasteiger partial charge in [-0.2, -0.15) is 0 Å². The number of hydrogen-bond acceptors (Lipinski definition) is 7. The van der Waals surface area contributed by atoms with Gasteiger partial charge in [-0.05, 0) is 44.2 Å². The second kappa shape index (κ2) is 8.36. The number of rotatable bonds is 7. The van der Waals surface area contributed by atoms with Gasteiger partial charge in [-0.25, -0.2) is 13.2 Å². The molecule has 0 aliphatic heterocycles. The van der Waals surface area contributed by atoms with E-state index in [2.05, 4.69) is 9.88 Å². The second-order valence-corrected chi connectivity index (χ2v) is 8.00. The largest absolute Gasteiger partial charge is 0.495 e. The van der Waals surface area contributed by atoms with Gasteiger partial charge in [0.1, 0.15) is 10.6 Å². The number of aryl methyl sites for hydroxylation is 2. The Morgan fingerprint density at radius 2 is 1.83 bits per heavy atom. The third kappa shape index (κ3) is 4.94. The Balaban J connectivity index is 1.83. The molecule has 0 saturated carbocycles. The van der Waals surface area contributed by atoms with Crippen molar-refractivity contribution in [2.24, 2.45) is 0 Å². The first-order valence-corrected chi connectivity index (χ1v) is 10.1. The summed E-state index contributed by atoms with van der Waals surface area (Å²) in [6.45, 7) is 3.53. The van der Waals surface area contributed by atoms with E-state index in [0.29, 0.717) is 17.1 Å². The van der Waals surface area contributed by atoms with E-state index in [1.165, 1.54) is 25.3 Å². The van der Waals surface area contributed by atoms with Gasteiger partial charge in [-0.3, -0.25) is 4.72 Å². The van der Waals surface area contributed by atoms with Gasteiger partial charge >= 0.3 is 5.97 Å². The highest BCUT2D eigenvalue weighted by atomic mass is 32.2. The number of sulfonamides is 1. The number of carbonyl (C=O) groups is 1. The molecule has 1 N–H and O–H groups in total. The lowest BCUT2D eigenvalue weighted by molar-refractivity contribution is 0.0437. The zero-order chi connectivity index (χ0) is 21.0. The molecule has 0 aliphatic rings. The quantitative estimate of drug-likeness (QED) is 0.588. The van der Waals surface area contributed by atoms with Crippen LogP contribution in [-0.2, 0) is 21.4 Å². The maximum absolute atomic E-state index is 12.9. The molecule has 0 fully saturated rings. The number of methoxy groups -OCH3 is 1. The molecule has 3 rings (SSSR count). The molecule has 0 aliphatic carbocycles. The van der Waals surface area contributed by atoms with Gasteiger partial charge in [-0.1, -0.05) is 22.9 Å². The molecular weight excluding hydrogens is 396 g/mol. The smallest absolute Gasteiger partial charge is 0.338 e. The summed E-state index contributed by atoms with van der Waals surface area (Å²) in [4.78, 5) is 12.2. The number of esters is 1. The molecule has 0 amide bonds. The molecule has 0 radical (unpaired) electrons. The van der Waals surface area contributed by atoms with Gasteiger partial charge in [0.15, 0.2) is 12.4 Å². The summed E-state index contributed by atoms with van der Waals surface area (Å²) in [5, 5.41) is 3.71. The van der Waals surface area contributed by atoms with E-state index in [1.54, 1.807) is 37.3 Å². The summed E-state index contributed by atoms with van der Waals surface area (Å²) in [5.41, 5.74) is 2.12. The van der Waals surface area contributed by atoms with E-state index in [4.69, 9.17) is 14.0 Å². The Morgan fingerprint density at radius 1 is 1.10 bits per heavy atom. The number of aromatic nitrogens is 1. The van der Waals surface area contributed by atoms with E-state index in [9.17, 15) is 13.2 Å². The van der Waals surface area contributed by atoms with Crippen molar-refractivity contribution in [1.82, 2.24) is 5.16 Å². The van der Waals surface area contributed by atoms with Crippen LogP contribution in [0.25, 0.3) is 0 Å². The van der Waals surface area contributed by atoms with Crippen LogP contribution in [0.1, 0.15) is 27.4 Å². The minimum absolute atomic E-state index is 0.0614. The Kier molecular flexibility index (Phi) is 5.88. The number of hydrogen-bond donors (Lipinski definition) is 1. The van der Waals surface area contributed by atoms with Crippen LogP contribution in [0.3, 0.4) is 0 Å². The third-order valence-electron chi connectivity index (χ3n) is 4.01. The maximum atomic E-state index is 12.9. The zero-order valence-corrected chi connectivity index (χ0v) is 16.9.